The normalized spacial score (nSPS) is 18.1. The van der Waals surface area contributed by atoms with E-state index in [4.69, 9.17) is 0 Å². The van der Waals surface area contributed by atoms with Crippen LogP contribution in [-0.2, 0) is 16.0 Å². The van der Waals surface area contributed by atoms with Crippen LogP contribution in [-0.4, -0.2) is 42.4 Å². The van der Waals surface area contributed by atoms with Crippen molar-refractivity contribution in [1.29, 1.82) is 0 Å². The third-order valence-corrected chi connectivity index (χ3v) is 6.57. The van der Waals surface area contributed by atoms with Crippen LogP contribution in [0.3, 0.4) is 0 Å². The summed E-state index contributed by atoms with van der Waals surface area (Å²) in [6, 6.07) is 14.2. The van der Waals surface area contributed by atoms with Crippen LogP contribution >= 0.6 is 11.8 Å². The van der Waals surface area contributed by atoms with E-state index in [9.17, 15) is 14.4 Å². The number of hydrogen-bond donors (Lipinski definition) is 3. The first kappa shape index (κ1) is 22.2. The van der Waals surface area contributed by atoms with E-state index in [1.807, 2.05) is 24.5 Å². The number of urea groups is 1. The highest BCUT2D eigenvalue weighted by molar-refractivity contribution is 7.98. The van der Waals surface area contributed by atoms with Crippen LogP contribution in [0.15, 0.2) is 48.5 Å². The molecule has 8 heteroatoms. The molecule has 1 aliphatic heterocycles. The van der Waals surface area contributed by atoms with E-state index >= 15 is 0 Å². The number of thioether (sulfide) groups is 1. The Morgan fingerprint density at radius 1 is 1.19 bits per heavy atom. The Bertz CT molecular complexity index is 1010. The average molecular weight is 453 g/mol. The van der Waals surface area contributed by atoms with Gasteiger partial charge in [0, 0.05) is 0 Å². The Morgan fingerprint density at radius 3 is 2.81 bits per heavy atom. The molecule has 32 heavy (non-hydrogen) atoms. The summed E-state index contributed by atoms with van der Waals surface area (Å²) in [5.41, 5.74) is 3.63. The molecule has 1 heterocycles. The van der Waals surface area contributed by atoms with Gasteiger partial charge >= 0.3 is 6.03 Å². The van der Waals surface area contributed by atoms with E-state index in [2.05, 4.69) is 28.1 Å². The van der Waals surface area contributed by atoms with Gasteiger partial charge in [0.2, 0.25) is 11.8 Å². The summed E-state index contributed by atoms with van der Waals surface area (Å²) in [6.07, 6.45) is 5.40. The largest absolute Gasteiger partial charge is 0.348 e. The number of benzene rings is 2. The smallest absolute Gasteiger partial charge is 0.323 e. The third-order valence-electron chi connectivity index (χ3n) is 5.93. The van der Waals surface area contributed by atoms with Gasteiger partial charge in [-0.05, 0) is 61.0 Å². The molecular weight excluding hydrogens is 424 g/mol. The van der Waals surface area contributed by atoms with Gasteiger partial charge < -0.3 is 16.0 Å². The summed E-state index contributed by atoms with van der Waals surface area (Å²) < 4.78 is 0. The van der Waals surface area contributed by atoms with Gasteiger partial charge in [0.15, 0.2) is 0 Å². The third kappa shape index (κ3) is 4.91. The summed E-state index contributed by atoms with van der Waals surface area (Å²) >= 11 is 1.62. The maximum Gasteiger partial charge on any atom is 0.323 e. The van der Waals surface area contributed by atoms with Crippen molar-refractivity contribution in [3.8, 4) is 0 Å². The number of carbonyl (C=O) groups is 3. The molecule has 0 saturated carbocycles. The molecule has 168 valence electrons. The molecule has 0 radical (unpaired) electrons. The Balaban J connectivity index is 1.49. The zero-order valence-corrected chi connectivity index (χ0v) is 18.9. The van der Waals surface area contributed by atoms with Crippen molar-refractivity contribution in [2.24, 2.45) is 0 Å². The lowest BCUT2D eigenvalue weighted by Gasteiger charge is -2.32. The van der Waals surface area contributed by atoms with Crippen molar-refractivity contribution in [3.05, 3.63) is 59.7 Å². The van der Waals surface area contributed by atoms with Crippen molar-refractivity contribution in [1.82, 2.24) is 10.6 Å². The SMILES string of the molecule is CSCC[C@@H](NC(=O)N1CC(=O)Nc2ccccc21)C(=O)N[C@H]1CCCc2ccccc21. The number of anilines is 2. The lowest BCUT2D eigenvalue weighted by atomic mass is 9.87. The molecule has 1 aliphatic carbocycles. The standard InChI is InChI=1S/C24H28N4O3S/c1-32-14-13-20(23(30)26-18-11-6-8-16-7-2-3-9-17(16)18)27-24(31)28-15-22(29)25-19-10-4-5-12-21(19)28/h2-5,7,9-10,12,18,20H,6,8,11,13-15H2,1H3,(H,25,29)(H,26,30)(H,27,31)/t18-,20+/m0/s1. The summed E-state index contributed by atoms with van der Waals surface area (Å²) in [5, 5.41) is 8.81. The topological polar surface area (TPSA) is 90.5 Å². The number of para-hydroxylation sites is 2. The molecule has 4 amide bonds. The number of amides is 4. The molecule has 2 atom stereocenters. The molecule has 3 N–H and O–H groups in total. The Labute approximate surface area is 192 Å². The molecule has 0 bridgehead atoms. The van der Waals surface area contributed by atoms with E-state index in [1.54, 1.807) is 30.0 Å². The van der Waals surface area contributed by atoms with Crippen LogP contribution in [0.4, 0.5) is 16.2 Å². The lowest BCUT2D eigenvalue weighted by molar-refractivity contribution is -0.123. The second-order valence-corrected chi connectivity index (χ2v) is 9.07. The molecule has 0 spiro atoms. The van der Waals surface area contributed by atoms with E-state index in [-0.39, 0.29) is 24.4 Å². The summed E-state index contributed by atoms with van der Waals surface area (Å²) in [5.74, 6) is 0.281. The second-order valence-electron chi connectivity index (χ2n) is 8.09. The van der Waals surface area contributed by atoms with Crippen molar-refractivity contribution < 1.29 is 14.4 Å². The predicted octanol–water partition coefficient (Wildman–Crippen LogP) is 3.47. The minimum Gasteiger partial charge on any atom is -0.348 e. The molecule has 4 rings (SSSR count). The quantitative estimate of drug-likeness (QED) is 0.626. The number of rotatable bonds is 6. The molecule has 7 nitrogen and oxygen atoms in total. The fourth-order valence-corrected chi connectivity index (χ4v) is 4.79. The van der Waals surface area contributed by atoms with Gasteiger partial charge in [-0.1, -0.05) is 36.4 Å². The Hall–Kier alpha value is -3.00. The first-order chi connectivity index (χ1) is 15.6. The van der Waals surface area contributed by atoms with Crippen LogP contribution in [0, 0.1) is 0 Å². The van der Waals surface area contributed by atoms with Crippen molar-refractivity contribution in [2.45, 2.75) is 37.8 Å². The molecular formula is C24H28N4O3S. The summed E-state index contributed by atoms with van der Waals surface area (Å²) in [7, 11) is 0. The van der Waals surface area contributed by atoms with Gasteiger partial charge in [-0.15, -0.1) is 0 Å². The molecule has 0 aromatic heterocycles. The molecule has 2 aromatic carbocycles. The fourth-order valence-electron chi connectivity index (χ4n) is 4.32. The lowest BCUT2D eigenvalue weighted by Crippen LogP contribution is -2.54. The average Bonchev–Trinajstić information content (AvgIpc) is 2.81. The number of nitrogens with one attached hydrogen (secondary N) is 3. The second kappa shape index (κ2) is 10.1. The van der Waals surface area contributed by atoms with Gasteiger partial charge in [-0.25, -0.2) is 4.79 Å². The van der Waals surface area contributed by atoms with E-state index in [0.29, 0.717) is 17.8 Å². The number of carbonyl (C=O) groups excluding carboxylic acids is 3. The zero-order valence-electron chi connectivity index (χ0n) is 18.1. The highest BCUT2D eigenvalue weighted by Gasteiger charge is 2.31. The zero-order chi connectivity index (χ0) is 22.5. The molecule has 0 fully saturated rings. The van der Waals surface area contributed by atoms with Crippen LogP contribution in [0.5, 0.6) is 0 Å². The predicted molar refractivity (Wildman–Crippen MR) is 128 cm³/mol. The number of aryl methyl sites for hydroxylation is 1. The van der Waals surface area contributed by atoms with Gasteiger partial charge in [-0.3, -0.25) is 14.5 Å². The van der Waals surface area contributed by atoms with E-state index in [0.717, 1.165) is 30.6 Å². The van der Waals surface area contributed by atoms with Gasteiger partial charge in [-0.2, -0.15) is 11.8 Å². The van der Waals surface area contributed by atoms with Crippen molar-refractivity contribution in [2.75, 3.05) is 28.8 Å². The van der Waals surface area contributed by atoms with Crippen LogP contribution < -0.4 is 20.9 Å². The van der Waals surface area contributed by atoms with Gasteiger partial charge in [0.1, 0.15) is 12.6 Å². The monoisotopic (exact) mass is 452 g/mol. The molecule has 0 unspecified atom stereocenters. The minimum absolute atomic E-state index is 0.0531. The highest BCUT2D eigenvalue weighted by atomic mass is 32.2. The van der Waals surface area contributed by atoms with Crippen LogP contribution in [0.1, 0.15) is 36.4 Å². The van der Waals surface area contributed by atoms with Crippen molar-refractivity contribution in [3.63, 3.8) is 0 Å². The summed E-state index contributed by atoms with van der Waals surface area (Å²) in [6.45, 7) is -0.0876. The number of hydrogen-bond acceptors (Lipinski definition) is 4. The Kier molecular flexibility index (Phi) is 6.99. The van der Waals surface area contributed by atoms with Crippen LogP contribution in [0.25, 0.3) is 0 Å². The minimum atomic E-state index is -0.679. The van der Waals surface area contributed by atoms with E-state index < -0.39 is 12.1 Å². The Morgan fingerprint density at radius 2 is 1.97 bits per heavy atom. The number of nitrogens with zero attached hydrogens (tertiary/aromatic N) is 1. The van der Waals surface area contributed by atoms with Crippen LogP contribution in [0.2, 0.25) is 0 Å². The van der Waals surface area contributed by atoms with E-state index in [1.165, 1.54) is 10.5 Å². The fraction of sp³-hybridized carbons (Fsp3) is 0.375. The van der Waals surface area contributed by atoms with Crippen molar-refractivity contribution >= 4 is 41.0 Å². The maximum atomic E-state index is 13.2. The van der Waals surface area contributed by atoms with Gasteiger partial charge in [0.05, 0.1) is 17.4 Å². The van der Waals surface area contributed by atoms with Gasteiger partial charge in [0.25, 0.3) is 0 Å². The highest BCUT2D eigenvalue weighted by Crippen LogP contribution is 2.30. The molecule has 0 saturated heterocycles. The molecule has 2 aliphatic rings. The first-order valence-corrected chi connectivity index (χ1v) is 12.3. The maximum absolute atomic E-state index is 13.2. The summed E-state index contributed by atoms with van der Waals surface area (Å²) in [4.78, 5) is 39.8. The first-order valence-electron chi connectivity index (χ1n) is 10.9. The molecule has 2 aromatic rings. The number of fused-ring (bicyclic) bond motifs is 2.